The van der Waals surface area contributed by atoms with Crippen LogP contribution in [0.5, 0.6) is 0 Å². The van der Waals surface area contributed by atoms with Crippen molar-refractivity contribution >= 4 is 11.8 Å². The molecule has 0 aromatic heterocycles. The summed E-state index contributed by atoms with van der Waals surface area (Å²) < 4.78 is 7.75. The third kappa shape index (κ3) is 1.27. The Morgan fingerprint density at radius 3 is 2.69 bits per heavy atom. The molecule has 1 saturated heterocycles. The molecule has 88 valence electrons. The van der Waals surface area contributed by atoms with Gasteiger partial charge in [0.2, 0.25) is 5.54 Å². The first-order chi connectivity index (χ1) is 7.33. The molecule has 1 amide bonds. The summed E-state index contributed by atoms with van der Waals surface area (Å²) in [6.07, 6.45) is 3.29. The Labute approximate surface area is 96.8 Å². The van der Waals surface area contributed by atoms with Gasteiger partial charge in [0.05, 0.1) is 11.8 Å². The number of carbonyl (C=O) groups is 1. The van der Waals surface area contributed by atoms with Crippen LogP contribution in [-0.2, 0) is 9.53 Å². The monoisotopic (exact) mass is 222 g/mol. The number of fused-ring (bicyclic) bond motifs is 1. The highest BCUT2D eigenvalue weighted by Crippen LogP contribution is 2.40. The van der Waals surface area contributed by atoms with Crippen molar-refractivity contribution in [3.8, 4) is 0 Å². The lowest BCUT2D eigenvalue weighted by atomic mass is 9.91. The lowest BCUT2D eigenvalue weighted by Crippen LogP contribution is -2.42. The highest BCUT2D eigenvalue weighted by molar-refractivity contribution is 5.86. The summed E-state index contributed by atoms with van der Waals surface area (Å²) in [6, 6.07) is 0. The average Bonchev–Trinajstić information content (AvgIpc) is 2.65. The van der Waals surface area contributed by atoms with Crippen molar-refractivity contribution in [1.29, 1.82) is 0 Å². The third-order valence-electron chi connectivity index (χ3n) is 3.60. The minimum absolute atomic E-state index is 0.00525. The van der Waals surface area contributed by atoms with Crippen LogP contribution in [0.4, 0.5) is 0 Å². The maximum Gasteiger partial charge on any atom is 0.390 e. The summed E-state index contributed by atoms with van der Waals surface area (Å²) in [5, 5.41) is 0. The molecule has 0 aromatic rings. The molecule has 3 heteroatoms. The van der Waals surface area contributed by atoms with E-state index in [2.05, 4.69) is 27.4 Å². The molecule has 0 spiro atoms. The lowest BCUT2D eigenvalue weighted by molar-refractivity contribution is -0.499. The Kier molecular flexibility index (Phi) is 2.26. The smallest absolute Gasteiger partial charge is 0.390 e. The maximum absolute atomic E-state index is 12.0. The molecule has 16 heavy (non-hydrogen) atoms. The molecule has 2 unspecified atom stereocenters. The minimum Gasteiger partial charge on any atom is -0.436 e. The molecule has 2 rings (SSSR count). The molecule has 0 bridgehead atoms. The van der Waals surface area contributed by atoms with Crippen LogP contribution in [0.1, 0.15) is 40.5 Å². The van der Waals surface area contributed by atoms with Crippen LogP contribution in [0, 0.1) is 5.41 Å². The van der Waals surface area contributed by atoms with Crippen LogP contribution >= 0.6 is 0 Å². The molecule has 0 aliphatic carbocycles. The fourth-order valence-electron chi connectivity index (χ4n) is 2.64. The predicted molar refractivity (Wildman–Crippen MR) is 62.4 cm³/mol. The van der Waals surface area contributed by atoms with Gasteiger partial charge in [-0.05, 0) is 33.8 Å². The van der Waals surface area contributed by atoms with E-state index in [4.69, 9.17) is 4.74 Å². The van der Waals surface area contributed by atoms with Crippen LogP contribution in [0.15, 0.2) is 12.7 Å². The highest BCUT2D eigenvalue weighted by atomic mass is 16.5. The number of hydrogen-bond acceptors (Lipinski definition) is 2. The molecule has 0 radical (unpaired) electrons. The van der Waals surface area contributed by atoms with Crippen LogP contribution in [-0.4, -0.2) is 28.0 Å². The number of carbonyl (C=O) groups excluding carboxylic acids is 1. The lowest BCUT2D eigenvalue weighted by Gasteiger charge is -2.17. The molecule has 2 aliphatic heterocycles. The van der Waals surface area contributed by atoms with Gasteiger partial charge < -0.3 is 4.74 Å². The molecular weight excluding hydrogens is 202 g/mol. The van der Waals surface area contributed by atoms with E-state index in [0.717, 1.165) is 12.3 Å². The van der Waals surface area contributed by atoms with Crippen molar-refractivity contribution in [2.75, 3.05) is 0 Å². The van der Waals surface area contributed by atoms with E-state index >= 15 is 0 Å². The highest BCUT2D eigenvalue weighted by Gasteiger charge is 2.63. The van der Waals surface area contributed by atoms with Gasteiger partial charge >= 0.3 is 11.8 Å². The SMILES string of the molecule is C=CC12CCC(=O)[N+]1=C(C(C)(C)C)OC2C. The Morgan fingerprint density at radius 2 is 2.19 bits per heavy atom. The van der Waals surface area contributed by atoms with Gasteiger partial charge in [-0.25, -0.2) is 4.79 Å². The van der Waals surface area contributed by atoms with E-state index in [1.54, 1.807) is 0 Å². The second kappa shape index (κ2) is 3.19. The molecule has 0 aromatic carbocycles. The van der Waals surface area contributed by atoms with Crippen molar-refractivity contribution in [3.05, 3.63) is 12.7 Å². The zero-order chi connectivity index (χ0) is 12.1. The number of rotatable bonds is 1. The Bertz CT molecular complexity index is 389. The molecule has 0 saturated carbocycles. The third-order valence-corrected chi connectivity index (χ3v) is 3.60. The minimum atomic E-state index is -0.306. The average molecular weight is 222 g/mol. The number of hydrogen-bond donors (Lipinski definition) is 0. The second-order valence-corrected chi connectivity index (χ2v) is 5.74. The van der Waals surface area contributed by atoms with E-state index in [9.17, 15) is 4.79 Å². The normalized spacial score (nSPS) is 34.0. The second-order valence-electron chi connectivity index (χ2n) is 5.74. The maximum atomic E-state index is 12.0. The van der Waals surface area contributed by atoms with Gasteiger partial charge in [0.15, 0.2) is 6.10 Å². The predicted octanol–water partition coefficient (Wildman–Crippen LogP) is 2.11. The van der Waals surface area contributed by atoms with Crippen molar-refractivity contribution in [2.45, 2.75) is 52.2 Å². The fourth-order valence-corrected chi connectivity index (χ4v) is 2.64. The van der Waals surface area contributed by atoms with Crippen molar-refractivity contribution in [1.82, 2.24) is 0 Å². The Morgan fingerprint density at radius 1 is 1.56 bits per heavy atom. The molecule has 1 fully saturated rings. The summed E-state index contributed by atoms with van der Waals surface area (Å²) in [5.41, 5.74) is -0.446. The largest absolute Gasteiger partial charge is 0.436 e. The molecule has 0 N–H and O–H groups in total. The van der Waals surface area contributed by atoms with Crippen molar-refractivity contribution in [2.24, 2.45) is 5.41 Å². The van der Waals surface area contributed by atoms with E-state index < -0.39 is 0 Å². The molecule has 3 nitrogen and oxygen atoms in total. The van der Waals surface area contributed by atoms with E-state index in [0.29, 0.717) is 6.42 Å². The van der Waals surface area contributed by atoms with Crippen LogP contribution < -0.4 is 0 Å². The summed E-state index contributed by atoms with van der Waals surface area (Å²) in [4.78, 5) is 12.0. The fraction of sp³-hybridized carbons (Fsp3) is 0.692. The number of amides is 1. The first kappa shape index (κ1) is 11.4. The van der Waals surface area contributed by atoms with E-state index in [1.165, 1.54) is 0 Å². The van der Waals surface area contributed by atoms with Crippen LogP contribution in [0.3, 0.4) is 0 Å². The van der Waals surface area contributed by atoms with Gasteiger partial charge in [0.1, 0.15) is 0 Å². The first-order valence-corrected chi connectivity index (χ1v) is 5.83. The van der Waals surface area contributed by atoms with Gasteiger partial charge in [-0.2, -0.15) is 0 Å². The zero-order valence-electron chi connectivity index (χ0n) is 10.5. The van der Waals surface area contributed by atoms with E-state index in [1.807, 2.05) is 17.6 Å². The van der Waals surface area contributed by atoms with E-state index in [-0.39, 0.29) is 23.0 Å². The molecular formula is C13H20NO2+. The van der Waals surface area contributed by atoms with Gasteiger partial charge in [-0.3, -0.25) is 0 Å². The summed E-state index contributed by atoms with van der Waals surface area (Å²) >= 11 is 0. The summed E-state index contributed by atoms with van der Waals surface area (Å²) in [7, 11) is 0. The number of ether oxygens (including phenoxy) is 1. The topological polar surface area (TPSA) is 29.3 Å². The Hall–Kier alpha value is -1.12. The molecule has 2 atom stereocenters. The summed E-state index contributed by atoms with van der Waals surface area (Å²) in [5.74, 6) is 0.955. The van der Waals surface area contributed by atoms with Crippen LogP contribution in [0.25, 0.3) is 0 Å². The Balaban J connectivity index is 2.61. The standard InChI is InChI=1S/C13H20NO2/c1-6-13-8-7-10(15)14(13)11(12(3,4)5)16-9(13)2/h6,9H,1,7-8H2,2-5H3/q+1. The zero-order valence-corrected chi connectivity index (χ0v) is 10.5. The molecule has 2 heterocycles. The first-order valence-electron chi connectivity index (χ1n) is 5.83. The number of nitrogens with zero attached hydrogens (tertiary/aromatic N) is 1. The summed E-state index contributed by atoms with van der Waals surface area (Å²) in [6.45, 7) is 12.1. The van der Waals surface area contributed by atoms with Gasteiger partial charge in [0.25, 0.3) is 0 Å². The quantitative estimate of drug-likeness (QED) is 0.502. The van der Waals surface area contributed by atoms with Gasteiger partial charge in [0, 0.05) is 6.42 Å². The van der Waals surface area contributed by atoms with Crippen molar-refractivity contribution in [3.63, 3.8) is 0 Å². The van der Waals surface area contributed by atoms with Gasteiger partial charge in [-0.15, -0.1) is 4.58 Å². The van der Waals surface area contributed by atoms with Crippen LogP contribution in [0.2, 0.25) is 0 Å². The van der Waals surface area contributed by atoms with Crippen molar-refractivity contribution < 1.29 is 14.1 Å². The molecule has 2 aliphatic rings. The van der Waals surface area contributed by atoms with Gasteiger partial charge in [-0.1, -0.05) is 6.58 Å².